The van der Waals surface area contributed by atoms with Gasteiger partial charge >= 0.3 is 6.03 Å². The summed E-state index contributed by atoms with van der Waals surface area (Å²) in [4.78, 5) is 46.6. The zero-order valence-electron chi connectivity index (χ0n) is 23.5. The van der Waals surface area contributed by atoms with Crippen LogP contribution in [0.4, 0.5) is 4.79 Å². The molecule has 42 heavy (non-hydrogen) atoms. The van der Waals surface area contributed by atoms with E-state index in [0.717, 1.165) is 27.5 Å². The lowest BCUT2D eigenvalue weighted by Crippen LogP contribution is -2.75. The molecule has 0 bridgehead atoms. The van der Waals surface area contributed by atoms with Gasteiger partial charge in [-0.1, -0.05) is 84.9 Å². The number of carbonyl (C=O) groups is 3. The van der Waals surface area contributed by atoms with Crippen molar-refractivity contribution in [1.82, 2.24) is 20.0 Å². The zero-order chi connectivity index (χ0) is 29.2. The number of carbonyl (C=O) groups excluding carboxylic acids is 3. The van der Waals surface area contributed by atoms with Gasteiger partial charge in [0, 0.05) is 32.5 Å². The van der Waals surface area contributed by atoms with E-state index < -0.39 is 18.2 Å². The number of amides is 4. The van der Waals surface area contributed by atoms with E-state index >= 15 is 0 Å². The highest BCUT2D eigenvalue weighted by Crippen LogP contribution is 2.33. The SMILES string of the molecule is C[C@H]1C2N(C(=O)NCc3ccccc3)CCC(=O)N2[C@@H](Cc2ccc(O)cc2)C(=O)N1Cc1cccc2ccccc12. The molecular weight excluding hydrogens is 528 g/mol. The summed E-state index contributed by atoms with van der Waals surface area (Å²) >= 11 is 0. The molecule has 3 atom stereocenters. The number of nitrogens with one attached hydrogen (secondary N) is 1. The first kappa shape index (κ1) is 27.3. The maximum atomic E-state index is 14.3. The fourth-order valence-electron chi connectivity index (χ4n) is 6.27. The predicted molar refractivity (Wildman–Crippen MR) is 160 cm³/mol. The Hall–Kier alpha value is -4.85. The van der Waals surface area contributed by atoms with E-state index in [1.165, 1.54) is 0 Å². The number of piperazine rings is 1. The van der Waals surface area contributed by atoms with Crippen LogP contribution in [0, 0.1) is 0 Å². The van der Waals surface area contributed by atoms with Crippen LogP contribution >= 0.6 is 0 Å². The molecule has 8 nitrogen and oxygen atoms in total. The van der Waals surface area contributed by atoms with Crippen LogP contribution in [0.25, 0.3) is 10.8 Å². The summed E-state index contributed by atoms with van der Waals surface area (Å²) in [6.07, 6.45) is -0.207. The van der Waals surface area contributed by atoms with E-state index in [1.54, 1.807) is 34.1 Å². The molecule has 0 spiro atoms. The number of phenolic OH excluding ortho intramolecular Hbond substituents is 1. The van der Waals surface area contributed by atoms with Crippen LogP contribution in [-0.4, -0.2) is 62.4 Å². The van der Waals surface area contributed by atoms with Gasteiger partial charge in [0.2, 0.25) is 11.8 Å². The number of rotatable bonds is 6. The lowest BCUT2D eigenvalue weighted by atomic mass is 9.93. The summed E-state index contributed by atoms with van der Waals surface area (Å²) in [6.45, 7) is 2.91. The third-order valence-electron chi connectivity index (χ3n) is 8.42. The van der Waals surface area contributed by atoms with Gasteiger partial charge in [0.1, 0.15) is 18.0 Å². The van der Waals surface area contributed by atoms with Gasteiger partial charge in [0.25, 0.3) is 0 Å². The fourth-order valence-corrected chi connectivity index (χ4v) is 6.27. The minimum atomic E-state index is -0.789. The van der Waals surface area contributed by atoms with Crippen molar-refractivity contribution >= 4 is 28.6 Å². The van der Waals surface area contributed by atoms with E-state index in [2.05, 4.69) is 11.4 Å². The average molecular weight is 563 g/mol. The van der Waals surface area contributed by atoms with Crippen LogP contribution in [0.3, 0.4) is 0 Å². The van der Waals surface area contributed by atoms with Gasteiger partial charge < -0.3 is 25.1 Å². The number of nitrogens with zero attached hydrogens (tertiary/aromatic N) is 3. The van der Waals surface area contributed by atoms with E-state index in [-0.39, 0.29) is 43.0 Å². The van der Waals surface area contributed by atoms with Crippen LogP contribution in [-0.2, 0) is 29.1 Å². The first-order valence-corrected chi connectivity index (χ1v) is 14.4. The Balaban J connectivity index is 1.35. The van der Waals surface area contributed by atoms with E-state index in [9.17, 15) is 19.5 Å². The van der Waals surface area contributed by atoms with E-state index in [0.29, 0.717) is 13.1 Å². The molecule has 4 aromatic carbocycles. The molecule has 8 heteroatoms. The van der Waals surface area contributed by atoms with Crippen LogP contribution in [0.2, 0.25) is 0 Å². The van der Waals surface area contributed by atoms with Crippen molar-refractivity contribution in [2.45, 2.75) is 51.1 Å². The van der Waals surface area contributed by atoms with Crippen LogP contribution < -0.4 is 5.32 Å². The van der Waals surface area contributed by atoms with Crippen LogP contribution in [0.5, 0.6) is 5.75 Å². The summed E-state index contributed by atoms with van der Waals surface area (Å²) in [7, 11) is 0. The summed E-state index contributed by atoms with van der Waals surface area (Å²) in [5.74, 6) is -0.159. The molecule has 2 heterocycles. The molecule has 1 unspecified atom stereocenters. The Bertz CT molecular complexity index is 1600. The molecular formula is C34H34N4O4. The molecule has 0 aliphatic carbocycles. The Morgan fingerprint density at radius 2 is 1.60 bits per heavy atom. The molecule has 2 saturated heterocycles. The van der Waals surface area contributed by atoms with Crippen molar-refractivity contribution in [3.63, 3.8) is 0 Å². The molecule has 6 rings (SSSR count). The summed E-state index contributed by atoms with van der Waals surface area (Å²) in [6, 6.07) is 29.0. The Morgan fingerprint density at radius 3 is 2.38 bits per heavy atom. The summed E-state index contributed by atoms with van der Waals surface area (Å²) in [5, 5.41) is 15.0. The highest BCUT2D eigenvalue weighted by Gasteiger charge is 2.52. The summed E-state index contributed by atoms with van der Waals surface area (Å²) in [5.41, 5.74) is 2.81. The average Bonchev–Trinajstić information content (AvgIpc) is 3.01. The van der Waals surface area contributed by atoms with Gasteiger partial charge in [-0.25, -0.2) is 4.79 Å². The Morgan fingerprint density at radius 1 is 0.881 bits per heavy atom. The molecule has 2 aliphatic heterocycles. The zero-order valence-corrected chi connectivity index (χ0v) is 23.5. The minimum Gasteiger partial charge on any atom is -0.508 e. The molecule has 2 fully saturated rings. The molecule has 2 N–H and O–H groups in total. The monoisotopic (exact) mass is 562 g/mol. The molecule has 2 aliphatic rings. The smallest absolute Gasteiger partial charge is 0.319 e. The van der Waals surface area contributed by atoms with Gasteiger partial charge in [-0.05, 0) is 46.5 Å². The molecule has 4 aromatic rings. The van der Waals surface area contributed by atoms with Gasteiger partial charge in [0.15, 0.2) is 0 Å². The van der Waals surface area contributed by atoms with Crippen molar-refractivity contribution < 1.29 is 19.5 Å². The highest BCUT2D eigenvalue weighted by atomic mass is 16.3. The predicted octanol–water partition coefficient (Wildman–Crippen LogP) is 4.66. The second-order valence-corrected chi connectivity index (χ2v) is 11.0. The number of hydrogen-bond donors (Lipinski definition) is 2. The summed E-state index contributed by atoms with van der Waals surface area (Å²) < 4.78 is 0. The van der Waals surface area contributed by atoms with Gasteiger partial charge in [-0.2, -0.15) is 0 Å². The largest absolute Gasteiger partial charge is 0.508 e. The standard InChI is InChI=1S/C34H34N4O4/c1-23-32-36(34(42)35-21-25-8-3-2-4-9-25)19-18-31(40)38(32)30(20-24-14-16-28(39)17-15-24)33(41)37(23)22-27-12-7-11-26-10-5-6-13-29(26)27/h2-17,23,30,32,39H,18-22H2,1H3,(H,35,42)/t23-,30-,32?/m0/s1. The van der Waals surface area contributed by atoms with Crippen molar-refractivity contribution in [2.75, 3.05) is 6.54 Å². The van der Waals surface area contributed by atoms with E-state index in [1.807, 2.05) is 78.6 Å². The maximum Gasteiger partial charge on any atom is 0.319 e. The van der Waals surface area contributed by atoms with Crippen molar-refractivity contribution in [2.24, 2.45) is 0 Å². The Kier molecular flexibility index (Phi) is 7.52. The molecule has 0 radical (unpaired) electrons. The topological polar surface area (TPSA) is 93.2 Å². The number of benzene rings is 4. The maximum absolute atomic E-state index is 14.3. The van der Waals surface area contributed by atoms with Gasteiger partial charge in [-0.3, -0.25) is 9.59 Å². The van der Waals surface area contributed by atoms with Crippen molar-refractivity contribution in [3.8, 4) is 5.75 Å². The van der Waals surface area contributed by atoms with Crippen LogP contribution in [0.15, 0.2) is 97.1 Å². The molecule has 4 amide bonds. The lowest BCUT2D eigenvalue weighted by Gasteiger charge is -2.55. The third kappa shape index (κ3) is 5.28. The Labute approximate surface area is 245 Å². The third-order valence-corrected chi connectivity index (χ3v) is 8.42. The highest BCUT2D eigenvalue weighted by molar-refractivity contribution is 5.92. The van der Waals surface area contributed by atoms with Gasteiger partial charge in [0.05, 0.1) is 6.04 Å². The first-order valence-electron chi connectivity index (χ1n) is 14.4. The van der Waals surface area contributed by atoms with Gasteiger partial charge in [-0.15, -0.1) is 0 Å². The number of fused-ring (bicyclic) bond motifs is 2. The molecule has 0 saturated carbocycles. The van der Waals surface area contributed by atoms with Crippen molar-refractivity contribution in [1.29, 1.82) is 0 Å². The second kappa shape index (κ2) is 11.6. The normalized spacial score (nSPS) is 20.5. The lowest BCUT2D eigenvalue weighted by molar-refractivity contribution is -0.173. The number of urea groups is 1. The molecule has 214 valence electrons. The minimum absolute atomic E-state index is 0.133. The fraction of sp³-hybridized carbons (Fsp3) is 0.265. The van der Waals surface area contributed by atoms with E-state index in [4.69, 9.17) is 0 Å². The van der Waals surface area contributed by atoms with Crippen LogP contribution in [0.1, 0.15) is 30.0 Å². The second-order valence-electron chi connectivity index (χ2n) is 11.0. The first-order chi connectivity index (χ1) is 20.4. The quantitative estimate of drug-likeness (QED) is 0.358. The van der Waals surface area contributed by atoms with Crippen molar-refractivity contribution in [3.05, 3.63) is 114 Å². The number of phenols is 1. The number of aromatic hydroxyl groups is 1. The molecule has 0 aromatic heterocycles. The number of hydrogen-bond acceptors (Lipinski definition) is 4.